The summed E-state index contributed by atoms with van der Waals surface area (Å²) in [6.07, 6.45) is -1.73. The van der Waals surface area contributed by atoms with Gasteiger partial charge in [0.15, 0.2) is 0 Å². The predicted molar refractivity (Wildman–Crippen MR) is 54.6 cm³/mol. The van der Waals surface area contributed by atoms with Crippen LogP contribution < -0.4 is 5.32 Å². The van der Waals surface area contributed by atoms with Crippen molar-refractivity contribution in [3.8, 4) is 0 Å². The van der Waals surface area contributed by atoms with Gasteiger partial charge in [-0.25, -0.2) is 0 Å². The zero-order chi connectivity index (χ0) is 11.5. The Morgan fingerprint density at radius 1 is 1.33 bits per heavy atom. The Hall–Kier alpha value is -0.250. The lowest BCUT2D eigenvalue weighted by molar-refractivity contribution is -0.186. The highest BCUT2D eigenvalue weighted by molar-refractivity contribution is 4.82. The molecule has 0 aromatic carbocycles. The van der Waals surface area contributed by atoms with Crippen LogP contribution >= 0.6 is 0 Å². The summed E-state index contributed by atoms with van der Waals surface area (Å²) in [6.45, 7) is 4.81. The molecule has 1 fully saturated rings. The Morgan fingerprint density at radius 2 is 2.00 bits per heavy atom. The summed E-state index contributed by atoms with van der Waals surface area (Å²) in [7, 11) is 0. The molecule has 3 unspecified atom stereocenters. The molecule has 1 saturated carbocycles. The van der Waals surface area contributed by atoms with Gasteiger partial charge in [0.2, 0.25) is 0 Å². The SMILES string of the molecule is CCNC(C)C1CCCC(C(F)(F)F)C1. The molecular formula is C11H20F3N. The van der Waals surface area contributed by atoms with Crippen molar-refractivity contribution < 1.29 is 13.2 Å². The molecule has 0 aliphatic heterocycles. The van der Waals surface area contributed by atoms with Crippen molar-refractivity contribution >= 4 is 0 Å². The maximum atomic E-state index is 12.5. The van der Waals surface area contributed by atoms with Crippen molar-refractivity contribution in [2.45, 2.75) is 51.7 Å². The summed E-state index contributed by atoms with van der Waals surface area (Å²) < 4.78 is 37.6. The molecule has 0 heterocycles. The largest absolute Gasteiger partial charge is 0.391 e. The Bertz CT molecular complexity index is 191. The molecular weight excluding hydrogens is 203 g/mol. The van der Waals surface area contributed by atoms with Crippen molar-refractivity contribution in [2.24, 2.45) is 11.8 Å². The van der Waals surface area contributed by atoms with Crippen LogP contribution in [0, 0.1) is 11.8 Å². The molecule has 1 aliphatic rings. The maximum Gasteiger partial charge on any atom is 0.391 e. The van der Waals surface area contributed by atoms with E-state index < -0.39 is 12.1 Å². The second kappa shape index (κ2) is 5.19. The molecule has 0 aromatic heterocycles. The second-order valence-corrected chi connectivity index (χ2v) is 4.51. The summed E-state index contributed by atoms with van der Waals surface area (Å²) in [4.78, 5) is 0. The van der Waals surface area contributed by atoms with Crippen LogP contribution in [0.15, 0.2) is 0 Å². The zero-order valence-electron chi connectivity index (χ0n) is 9.40. The summed E-state index contributed by atoms with van der Waals surface area (Å²) in [5.41, 5.74) is 0. The van der Waals surface area contributed by atoms with E-state index in [0.29, 0.717) is 19.3 Å². The Morgan fingerprint density at radius 3 is 2.53 bits per heavy atom. The average Bonchev–Trinajstić information content (AvgIpc) is 2.17. The predicted octanol–water partition coefficient (Wildman–Crippen LogP) is 3.35. The summed E-state index contributed by atoms with van der Waals surface area (Å²) in [5.74, 6) is -0.886. The normalized spacial score (nSPS) is 30.2. The molecule has 0 saturated heterocycles. The summed E-state index contributed by atoms with van der Waals surface area (Å²) >= 11 is 0. The van der Waals surface area contributed by atoms with E-state index in [1.54, 1.807) is 0 Å². The molecule has 0 amide bonds. The fraction of sp³-hybridized carbons (Fsp3) is 1.00. The molecule has 3 atom stereocenters. The highest BCUT2D eigenvalue weighted by Crippen LogP contribution is 2.40. The first kappa shape index (κ1) is 12.8. The molecule has 0 aromatic rings. The van der Waals surface area contributed by atoms with Crippen LogP contribution in [0.4, 0.5) is 13.2 Å². The van der Waals surface area contributed by atoms with Gasteiger partial charge >= 0.3 is 6.18 Å². The van der Waals surface area contributed by atoms with E-state index in [4.69, 9.17) is 0 Å². The Balaban J connectivity index is 2.48. The Kier molecular flexibility index (Phi) is 4.44. The van der Waals surface area contributed by atoms with E-state index in [1.807, 2.05) is 13.8 Å². The number of nitrogens with one attached hydrogen (secondary N) is 1. The van der Waals surface area contributed by atoms with Gasteiger partial charge in [0, 0.05) is 6.04 Å². The van der Waals surface area contributed by atoms with Gasteiger partial charge in [-0.15, -0.1) is 0 Å². The van der Waals surface area contributed by atoms with Crippen LogP contribution in [-0.2, 0) is 0 Å². The maximum absolute atomic E-state index is 12.5. The first-order chi connectivity index (χ1) is 6.95. The molecule has 4 heteroatoms. The van der Waals surface area contributed by atoms with Crippen LogP contribution in [0.1, 0.15) is 39.5 Å². The molecule has 15 heavy (non-hydrogen) atoms. The van der Waals surface area contributed by atoms with E-state index in [9.17, 15) is 13.2 Å². The van der Waals surface area contributed by atoms with Gasteiger partial charge in [0.1, 0.15) is 0 Å². The third-order valence-electron chi connectivity index (χ3n) is 3.41. The molecule has 90 valence electrons. The topological polar surface area (TPSA) is 12.0 Å². The Labute approximate surface area is 89.4 Å². The number of alkyl halides is 3. The van der Waals surface area contributed by atoms with E-state index >= 15 is 0 Å². The number of halogens is 3. The van der Waals surface area contributed by atoms with Crippen LogP contribution in [0.2, 0.25) is 0 Å². The lowest BCUT2D eigenvalue weighted by atomic mass is 9.78. The van der Waals surface area contributed by atoms with Crippen LogP contribution in [-0.4, -0.2) is 18.8 Å². The molecule has 1 aliphatic carbocycles. The van der Waals surface area contributed by atoms with Crippen molar-refractivity contribution in [2.75, 3.05) is 6.54 Å². The van der Waals surface area contributed by atoms with E-state index in [0.717, 1.165) is 13.0 Å². The van der Waals surface area contributed by atoms with Gasteiger partial charge in [-0.1, -0.05) is 13.3 Å². The van der Waals surface area contributed by atoms with Crippen LogP contribution in [0.5, 0.6) is 0 Å². The van der Waals surface area contributed by atoms with Crippen LogP contribution in [0.3, 0.4) is 0 Å². The molecule has 1 nitrogen and oxygen atoms in total. The fourth-order valence-electron chi connectivity index (χ4n) is 2.47. The lowest BCUT2D eigenvalue weighted by Gasteiger charge is -2.34. The summed E-state index contributed by atoms with van der Waals surface area (Å²) in [5, 5.41) is 3.22. The highest BCUT2D eigenvalue weighted by atomic mass is 19.4. The summed E-state index contributed by atoms with van der Waals surface area (Å²) in [6, 6.07) is 0.208. The standard InChI is InChI=1S/C11H20F3N/c1-3-15-8(2)9-5-4-6-10(7-9)11(12,13)14/h8-10,15H,3-7H2,1-2H3. The van der Waals surface area contributed by atoms with Gasteiger partial charge in [-0.3, -0.25) is 0 Å². The number of hydrogen-bond donors (Lipinski definition) is 1. The van der Waals surface area contributed by atoms with Crippen molar-refractivity contribution in [3.63, 3.8) is 0 Å². The fourth-order valence-corrected chi connectivity index (χ4v) is 2.47. The molecule has 0 bridgehead atoms. The van der Waals surface area contributed by atoms with Gasteiger partial charge in [0.05, 0.1) is 5.92 Å². The highest BCUT2D eigenvalue weighted by Gasteiger charge is 2.42. The molecule has 1 N–H and O–H groups in total. The van der Waals surface area contributed by atoms with E-state index in [2.05, 4.69) is 5.32 Å². The lowest BCUT2D eigenvalue weighted by Crippen LogP contribution is -2.39. The second-order valence-electron chi connectivity index (χ2n) is 4.51. The van der Waals surface area contributed by atoms with Crippen molar-refractivity contribution in [1.82, 2.24) is 5.32 Å². The van der Waals surface area contributed by atoms with Gasteiger partial charge in [-0.2, -0.15) is 13.2 Å². The van der Waals surface area contributed by atoms with E-state index in [-0.39, 0.29) is 12.0 Å². The van der Waals surface area contributed by atoms with Crippen molar-refractivity contribution in [1.29, 1.82) is 0 Å². The van der Waals surface area contributed by atoms with Gasteiger partial charge < -0.3 is 5.32 Å². The molecule has 0 radical (unpaired) electrons. The zero-order valence-corrected chi connectivity index (χ0v) is 9.40. The first-order valence-corrected chi connectivity index (χ1v) is 5.75. The first-order valence-electron chi connectivity index (χ1n) is 5.75. The average molecular weight is 223 g/mol. The number of rotatable bonds is 3. The third kappa shape index (κ3) is 3.67. The minimum atomic E-state index is -4.00. The van der Waals surface area contributed by atoms with Crippen LogP contribution in [0.25, 0.3) is 0 Å². The van der Waals surface area contributed by atoms with Gasteiger partial charge in [0.25, 0.3) is 0 Å². The van der Waals surface area contributed by atoms with E-state index in [1.165, 1.54) is 0 Å². The van der Waals surface area contributed by atoms with Crippen molar-refractivity contribution in [3.05, 3.63) is 0 Å². The molecule has 0 spiro atoms. The number of hydrogen-bond acceptors (Lipinski definition) is 1. The smallest absolute Gasteiger partial charge is 0.314 e. The van der Waals surface area contributed by atoms with Gasteiger partial charge in [-0.05, 0) is 38.6 Å². The monoisotopic (exact) mass is 223 g/mol. The molecule has 1 rings (SSSR count). The minimum absolute atomic E-state index is 0.185. The third-order valence-corrected chi connectivity index (χ3v) is 3.41. The minimum Gasteiger partial charge on any atom is -0.314 e. The quantitative estimate of drug-likeness (QED) is 0.773.